The summed E-state index contributed by atoms with van der Waals surface area (Å²) in [6.07, 6.45) is 2.21. The molecule has 0 spiro atoms. The first-order valence-electron chi connectivity index (χ1n) is 5.30. The van der Waals surface area contributed by atoms with Crippen molar-refractivity contribution in [2.24, 2.45) is 0 Å². The Hall–Kier alpha value is -1.71. The van der Waals surface area contributed by atoms with Crippen LogP contribution in [0.25, 0.3) is 0 Å². The fourth-order valence-corrected chi connectivity index (χ4v) is 1.98. The molecular formula is C12H15NO3. The van der Waals surface area contributed by atoms with Crippen molar-refractivity contribution in [1.82, 2.24) is 0 Å². The van der Waals surface area contributed by atoms with Crippen molar-refractivity contribution in [3.05, 3.63) is 17.7 Å². The average molecular weight is 221 g/mol. The zero-order valence-corrected chi connectivity index (χ0v) is 9.50. The topological polar surface area (TPSA) is 47.6 Å². The molecule has 0 atom stereocenters. The molecule has 1 amide bonds. The van der Waals surface area contributed by atoms with Gasteiger partial charge in [0.15, 0.2) is 0 Å². The highest BCUT2D eigenvalue weighted by Gasteiger charge is 2.20. The molecule has 16 heavy (non-hydrogen) atoms. The molecule has 0 fully saturated rings. The van der Waals surface area contributed by atoms with Crippen LogP contribution in [0.4, 0.5) is 5.69 Å². The zero-order valence-electron chi connectivity index (χ0n) is 9.50. The molecule has 1 aromatic rings. The van der Waals surface area contributed by atoms with Gasteiger partial charge in [-0.1, -0.05) is 0 Å². The maximum atomic E-state index is 11.5. The van der Waals surface area contributed by atoms with Crippen LogP contribution in [-0.4, -0.2) is 20.1 Å². The van der Waals surface area contributed by atoms with Crippen LogP contribution < -0.4 is 14.8 Å². The lowest BCUT2D eigenvalue weighted by Gasteiger charge is -2.15. The van der Waals surface area contributed by atoms with Crippen LogP contribution in [0, 0.1) is 0 Å². The Labute approximate surface area is 94.6 Å². The lowest BCUT2D eigenvalue weighted by atomic mass is 10.1. The normalized spacial score (nSPS) is 14.8. The third-order valence-electron chi connectivity index (χ3n) is 2.77. The maximum absolute atomic E-state index is 11.5. The molecule has 1 N–H and O–H groups in total. The molecule has 1 heterocycles. The Morgan fingerprint density at radius 2 is 1.81 bits per heavy atom. The van der Waals surface area contributed by atoms with Crippen molar-refractivity contribution in [2.45, 2.75) is 19.3 Å². The van der Waals surface area contributed by atoms with Crippen LogP contribution in [-0.2, 0) is 11.2 Å². The summed E-state index contributed by atoms with van der Waals surface area (Å²) < 4.78 is 10.5. The first-order valence-corrected chi connectivity index (χ1v) is 5.30. The molecule has 1 aliphatic heterocycles. The zero-order chi connectivity index (χ0) is 11.5. The summed E-state index contributed by atoms with van der Waals surface area (Å²) in [5.41, 5.74) is 1.78. The number of fused-ring (bicyclic) bond motifs is 1. The molecule has 2 rings (SSSR count). The minimum absolute atomic E-state index is 0.0327. The van der Waals surface area contributed by atoms with Crippen molar-refractivity contribution in [3.8, 4) is 11.5 Å². The number of carbonyl (C=O) groups excluding carboxylic acids is 1. The summed E-state index contributed by atoms with van der Waals surface area (Å²) in [5, 5.41) is 2.87. The van der Waals surface area contributed by atoms with Gasteiger partial charge in [-0.05, 0) is 25.0 Å². The molecule has 86 valence electrons. The number of hydrogen-bond acceptors (Lipinski definition) is 3. The van der Waals surface area contributed by atoms with Gasteiger partial charge in [-0.15, -0.1) is 0 Å². The summed E-state index contributed by atoms with van der Waals surface area (Å²) in [6.45, 7) is 0. The number of anilines is 1. The van der Waals surface area contributed by atoms with E-state index in [0.717, 1.165) is 29.8 Å². The minimum Gasteiger partial charge on any atom is -0.496 e. The van der Waals surface area contributed by atoms with Gasteiger partial charge in [0.1, 0.15) is 11.5 Å². The number of rotatable bonds is 2. The molecule has 0 aliphatic carbocycles. The number of hydrogen-bond donors (Lipinski definition) is 1. The Morgan fingerprint density at radius 3 is 2.50 bits per heavy atom. The third-order valence-corrected chi connectivity index (χ3v) is 2.77. The molecule has 1 aromatic carbocycles. The second kappa shape index (κ2) is 4.43. The Balaban J connectivity index is 2.53. The predicted molar refractivity (Wildman–Crippen MR) is 61.1 cm³/mol. The van der Waals surface area contributed by atoms with E-state index in [0.29, 0.717) is 12.2 Å². The smallest absolute Gasteiger partial charge is 0.224 e. The van der Waals surface area contributed by atoms with Gasteiger partial charge in [0.2, 0.25) is 5.91 Å². The van der Waals surface area contributed by atoms with Crippen LogP contribution in [0.5, 0.6) is 11.5 Å². The quantitative estimate of drug-likeness (QED) is 0.830. The standard InChI is InChI=1S/C12H15NO3/c1-15-9-6-7-10(16-2)12-8(9)4-3-5-11(14)13-12/h6-7H,3-5H2,1-2H3,(H,13,14). The Bertz CT molecular complexity index is 415. The SMILES string of the molecule is COc1ccc(OC)c2c1CCCC(=O)N2. The highest BCUT2D eigenvalue weighted by molar-refractivity contribution is 5.94. The molecule has 0 saturated carbocycles. The van der Waals surface area contributed by atoms with E-state index in [4.69, 9.17) is 9.47 Å². The summed E-state index contributed by atoms with van der Waals surface area (Å²) in [4.78, 5) is 11.5. The summed E-state index contributed by atoms with van der Waals surface area (Å²) in [5.74, 6) is 1.52. The molecular weight excluding hydrogens is 206 g/mol. The van der Waals surface area contributed by atoms with Gasteiger partial charge in [-0.3, -0.25) is 4.79 Å². The molecule has 0 bridgehead atoms. The fraction of sp³-hybridized carbons (Fsp3) is 0.417. The maximum Gasteiger partial charge on any atom is 0.224 e. The van der Waals surface area contributed by atoms with Crippen molar-refractivity contribution in [3.63, 3.8) is 0 Å². The van der Waals surface area contributed by atoms with Gasteiger partial charge in [0.05, 0.1) is 19.9 Å². The van der Waals surface area contributed by atoms with E-state index in [2.05, 4.69) is 5.32 Å². The van der Waals surface area contributed by atoms with E-state index >= 15 is 0 Å². The van der Waals surface area contributed by atoms with Crippen LogP contribution in [0.15, 0.2) is 12.1 Å². The van der Waals surface area contributed by atoms with Gasteiger partial charge < -0.3 is 14.8 Å². The van der Waals surface area contributed by atoms with Crippen LogP contribution in [0.2, 0.25) is 0 Å². The first kappa shape index (κ1) is 10.8. The van der Waals surface area contributed by atoms with Gasteiger partial charge in [0.25, 0.3) is 0 Å². The van der Waals surface area contributed by atoms with Gasteiger partial charge in [0, 0.05) is 12.0 Å². The number of benzene rings is 1. The lowest BCUT2D eigenvalue weighted by Crippen LogP contribution is -2.10. The predicted octanol–water partition coefficient (Wildman–Crippen LogP) is 1.98. The van der Waals surface area contributed by atoms with Crippen molar-refractivity contribution >= 4 is 11.6 Å². The van der Waals surface area contributed by atoms with Crippen molar-refractivity contribution in [2.75, 3.05) is 19.5 Å². The molecule has 4 nitrogen and oxygen atoms in total. The van der Waals surface area contributed by atoms with Crippen molar-refractivity contribution in [1.29, 1.82) is 0 Å². The second-order valence-electron chi connectivity index (χ2n) is 3.73. The van der Waals surface area contributed by atoms with E-state index in [1.807, 2.05) is 12.1 Å². The second-order valence-corrected chi connectivity index (χ2v) is 3.73. The van der Waals surface area contributed by atoms with Gasteiger partial charge in [-0.25, -0.2) is 0 Å². The van der Waals surface area contributed by atoms with Crippen LogP contribution >= 0.6 is 0 Å². The summed E-state index contributed by atoms with van der Waals surface area (Å²) in [6, 6.07) is 3.68. The number of ether oxygens (including phenoxy) is 2. The molecule has 0 radical (unpaired) electrons. The van der Waals surface area contributed by atoms with E-state index < -0.39 is 0 Å². The number of carbonyl (C=O) groups is 1. The molecule has 1 aliphatic rings. The summed E-state index contributed by atoms with van der Waals surface area (Å²) >= 11 is 0. The highest BCUT2D eigenvalue weighted by atomic mass is 16.5. The molecule has 0 aromatic heterocycles. The largest absolute Gasteiger partial charge is 0.496 e. The third kappa shape index (κ3) is 1.83. The van der Waals surface area contributed by atoms with E-state index in [9.17, 15) is 4.79 Å². The average Bonchev–Trinajstić information content (AvgIpc) is 2.49. The molecule has 4 heteroatoms. The first-order chi connectivity index (χ1) is 7.76. The highest BCUT2D eigenvalue weighted by Crippen LogP contribution is 2.37. The van der Waals surface area contributed by atoms with Gasteiger partial charge in [-0.2, -0.15) is 0 Å². The lowest BCUT2D eigenvalue weighted by molar-refractivity contribution is -0.116. The minimum atomic E-state index is 0.0327. The van der Waals surface area contributed by atoms with E-state index in [1.54, 1.807) is 14.2 Å². The van der Waals surface area contributed by atoms with E-state index in [-0.39, 0.29) is 5.91 Å². The number of methoxy groups -OCH3 is 2. The number of amides is 1. The van der Waals surface area contributed by atoms with Crippen molar-refractivity contribution < 1.29 is 14.3 Å². The van der Waals surface area contributed by atoms with Crippen LogP contribution in [0.3, 0.4) is 0 Å². The fourth-order valence-electron chi connectivity index (χ4n) is 1.98. The molecule has 0 saturated heterocycles. The Kier molecular flexibility index (Phi) is 2.99. The number of nitrogens with one attached hydrogen (secondary N) is 1. The molecule has 0 unspecified atom stereocenters. The van der Waals surface area contributed by atoms with Gasteiger partial charge >= 0.3 is 0 Å². The monoisotopic (exact) mass is 221 g/mol. The van der Waals surface area contributed by atoms with Crippen LogP contribution in [0.1, 0.15) is 18.4 Å². The van der Waals surface area contributed by atoms with E-state index in [1.165, 1.54) is 0 Å². The summed E-state index contributed by atoms with van der Waals surface area (Å²) in [7, 11) is 3.23. The Morgan fingerprint density at radius 1 is 1.12 bits per heavy atom.